The Labute approximate surface area is 151 Å². The molecule has 1 aromatic heterocycles. The summed E-state index contributed by atoms with van der Waals surface area (Å²) in [6.07, 6.45) is 5.11. The number of nitrogens with one attached hydrogen (secondary N) is 1. The van der Waals surface area contributed by atoms with Crippen molar-refractivity contribution in [2.75, 3.05) is 19.0 Å². The lowest BCUT2D eigenvalue weighted by atomic mass is 10.0. The highest BCUT2D eigenvalue weighted by Gasteiger charge is 2.16. The fraction of sp³-hybridized carbons (Fsp3) is 0.158. The van der Waals surface area contributed by atoms with Crippen molar-refractivity contribution in [1.29, 1.82) is 5.26 Å². The van der Waals surface area contributed by atoms with Gasteiger partial charge in [-0.25, -0.2) is 4.98 Å². The molecule has 7 nitrogen and oxygen atoms in total. The molecule has 0 saturated carbocycles. The van der Waals surface area contributed by atoms with Gasteiger partial charge in [0.1, 0.15) is 0 Å². The van der Waals surface area contributed by atoms with Crippen molar-refractivity contribution in [2.45, 2.75) is 6.92 Å². The number of pyridine rings is 1. The molecule has 0 aliphatic heterocycles. The highest BCUT2D eigenvalue weighted by molar-refractivity contribution is 5.71. The van der Waals surface area contributed by atoms with E-state index in [1.165, 1.54) is 12.1 Å². The van der Waals surface area contributed by atoms with E-state index < -0.39 is 4.92 Å². The molecule has 1 aromatic carbocycles. The number of hydrogen-bond donors (Lipinski definition) is 1. The van der Waals surface area contributed by atoms with Crippen molar-refractivity contribution in [1.82, 2.24) is 4.98 Å². The normalized spacial score (nSPS) is 11.3. The third kappa shape index (κ3) is 4.75. The Balaban J connectivity index is 2.35. The van der Waals surface area contributed by atoms with Gasteiger partial charge in [-0.3, -0.25) is 10.1 Å². The van der Waals surface area contributed by atoms with Crippen LogP contribution in [0, 0.1) is 21.4 Å². The summed E-state index contributed by atoms with van der Waals surface area (Å²) in [5.41, 5.74) is 2.41. The molecule has 132 valence electrons. The first-order valence-electron chi connectivity index (χ1n) is 7.79. The summed E-state index contributed by atoms with van der Waals surface area (Å²) in [6, 6.07) is 12.0. The second kappa shape index (κ2) is 9.11. The molecule has 0 atom stereocenters. The van der Waals surface area contributed by atoms with Gasteiger partial charge in [0.15, 0.2) is 0 Å². The number of nitriles is 1. The summed E-state index contributed by atoms with van der Waals surface area (Å²) in [7, 11) is 1.61. The molecule has 7 heteroatoms. The molecule has 0 fully saturated rings. The number of nitro groups is 1. The van der Waals surface area contributed by atoms with Crippen molar-refractivity contribution in [3.05, 3.63) is 76.0 Å². The molecule has 1 heterocycles. The maximum atomic E-state index is 11.2. The van der Waals surface area contributed by atoms with Crippen LogP contribution in [-0.2, 0) is 4.74 Å². The Morgan fingerprint density at radius 1 is 1.38 bits per heavy atom. The second-order valence-electron chi connectivity index (χ2n) is 5.43. The second-order valence-corrected chi connectivity index (χ2v) is 5.43. The number of hydrogen-bond acceptors (Lipinski definition) is 6. The fourth-order valence-corrected chi connectivity index (χ4v) is 2.27. The van der Waals surface area contributed by atoms with E-state index in [0.717, 1.165) is 5.57 Å². The Hall–Kier alpha value is -3.50. The van der Waals surface area contributed by atoms with E-state index in [9.17, 15) is 15.4 Å². The van der Waals surface area contributed by atoms with Crippen LogP contribution in [0.5, 0.6) is 0 Å². The highest BCUT2D eigenvalue weighted by atomic mass is 16.6. The summed E-state index contributed by atoms with van der Waals surface area (Å²) in [6.45, 7) is 2.41. The van der Waals surface area contributed by atoms with Gasteiger partial charge in [0.25, 0.3) is 0 Å². The van der Waals surface area contributed by atoms with E-state index in [1.54, 1.807) is 43.7 Å². The first-order valence-corrected chi connectivity index (χ1v) is 7.79. The average molecular weight is 350 g/mol. The largest absolute Gasteiger partial charge is 0.380 e. The maximum absolute atomic E-state index is 11.2. The SMILES string of the molecule is COC/C(C)=C/C=C/Nc1nc(-c2ccccc2C#N)ccc1[N+](=O)[O-]. The summed E-state index contributed by atoms with van der Waals surface area (Å²) < 4.78 is 5.01. The molecule has 0 aliphatic rings. The third-order valence-corrected chi connectivity index (χ3v) is 3.46. The summed E-state index contributed by atoms with van der Waals surface area (Å²) in [4.78, 5) is 15.1. The van der Waals surface area contributed by atoms with Gasteiger partial charge in [-0.2, -0.15) is 5.26 Å². The lowest BCUT2D eigenvalue weighted by Crippen LogP contribution is -2.00. The van der Waals surface area contributed by atoms with E-state index in [-0.39, 0.29) is 11.5 Å². The standard InChI is InChI=1S/C19H18N4O3/c1-14(13-26-2)6-5-11-21-19-18(23(24)25)10-9-17(22-19)16-8-4-3-7-15(16)12-20/h3-11H,13H2,1-2H3,(H,21,22)/b11-5+,14-6+. The lowest BCUT2D eigenvalue weighted by molar-refractivity contribution is -0.384. The third-order valence-electron chi connectivity index (χ3n) is 3.46. The average Bonchev–Trinajstić information content (AvgIpc) is 2.65. The zero-order valence-corrected chi connectivity index (χ0v) is 14.5. The zero-order valence-electron chi connectivity index (χ0n) is 14.5. The van der Waals surface area contributed by atoms with Crippen LogP contribution >= 0.6 is 0 Å². The molecule has 2 rings (SSSR count). The minimum absolute atomic E-state index is 0.106. The first kappa shape index (κ1) is 18.8. The van der Waals surface area contributed by atoms with Gasteiger partial charge in [0.2, 0.25) is 5.82 Å². The van der Waals surface area contributed by atoms with Crippen molar-refractivity contribution in [2.24, 2.45) is 0 Å². The van der Waals surface area contributed by atoms with E-state index in [0.29, 0.717) is 23.4 Å². The van der Waals surface area contributed by atoms with Crippen molar-refractivity contribution in [3.8, 4) is 17.3 Å². The minimum atomic E-state index is -0.505. The molecule has 1 N–H and O–H groups in total. The Bertz CT molecular complexity index is 898. The molecule has 26 heavy (non-hydrogen) atoms. The Morgan fingerprint density at radius 3 is 2.85 bits per heavy atom. The number of allylic oxidation sites excluding steroid dienone is 2. The van der Waals surface area contributed by atoms with Gasteiger partial charge in [-0.05, 0) is 30.7 Å². The van der Waals surface area contributed by atoms with Crippen LogP contribution in [0.25, 0.3) is 11.3 Å². The zero-order chi connectivity index (χ0) is 18.9. The van der Waals surface area contributed by atoms with Crippen LogP contribution in [-0.4, -0.2) is 23.6 Å². The lowest BCUT2D eigenvalue weighted by Gasteiger charge is -2.07. The molecule has 0 amide bonds. The molecule has 0 unspecified atom stereocenters. The summed E-state index contributed by atoms with van der Waals surface area (Å²) >= 11 is 0. The smallest absolute Gasteiger partial charge is 0.311 e. The molecule has 0 aliphatic carbocycles. The molecule has 0 bridgehead atoms. The molecule has 2 aromatic rings. The molecule has 0 radical (unpaired) electrons. The number of ether oxygens (including phenoxy) is 1. The van der Waals surface area contributed by atoms with Crippen LogP contribution in [0.3, 0.4) is 0 Å². The van der Waals surface area contributed by atoms with Crippen LogP contribution in [0.4, 0.5) is 11.5 Å². The van der Waals surface area contributed by atoms with Crippen LogP contribution < -0.4 is 5.32 Å². The molecule has 0 saturated heterocycles. The number of methoxy groups -OCH3 is 1. The maximum Gasteiger partial charge on any atom is 0.311 e. The number of nitrogens with zero attached hydrogens (tertiary/aromatic N) is 3. The van der Waals surface area contributed by atoms with Gasteiger partial charge in [-0.15, -0.1) is 0 Å². The fourth-order valence-electron chi connectivity index (χ4n) is 2.27. The molecular formula is C19H18N4O3. The highest BCUT2D eigenvalue weighted by Crippen LogP contribution is 2.28. The van der Waals surface area contributed by atoms with Gasteiger partial charge in [-0.1, -0.05) is 24.3 Å². The first-order chi connectivity index (χ1) is 12.6. The Kier molecular flexibility index (Phi) is 6.60. The van der Waals surface area contributed by atoms with Crippen LogP contribution in [0.2, 0.25) is 0 Å². The van der Waals surface area contributed by atoms with Crippen molar-refractivity contribution < 1.29 is 9.66 Å². The summed E-state index contributed by atoms with van der Waals surface area (Å²) in [5, 5.41) is 23.3. The van der Waals surface area contributed by atoms with E-state index in [1.807, 2.05) is 13.0 Å². The van der Waals surface area contributed by atoms with Gasteiger partial charge < -0.3 is 10.1 Å². The number of benzene rings is 1. The topological polar surface area (TPSA) is 101 Å². The van der Waals surface area contributed by atoms with Crippen LogP contribution in [0.1, 0.15) is 12.5 Å². The molecular weight excluding hydrogens is 332 g/mol. The van der Waals surface area contributed by atoms with E-state index in [2.05, 4.69) is 16.4 Å². The van der Waals surface area contributed by atoms with Gasteiger partial charge in [0.05, 0.1) is 28.9 Å². The van der Waals surface area contributed by atoms with Crippen molar-refractivity contribution >= 4 is 11.5 Å². The number of anilines is 1. The predicted molar refractivity (Wildman–Crippen MR) is 99.4 cm³/mol. The monoisotopic (exact) mass is 350 g/mol. The predicted octanol–water partition coefficient (Wildman–Crippen LogP) is 4.05. The number of rotatable bonds is 7. The Morgan fingerprint density at radius 2 is 2.15 bits per heavy atom. The van der Waals surface area contributed by atoms with E-state index in [4.69, 9.17) is 4.74 Å². The van der Waals surface area contributed by atoms with E-state index >= 15 is 0 Å². The quantitative estimate of drug-likeness (QED) is 0.459. The minimum Gasteiger partial charge on any atom is -0.380 e. The van der Waals surface area contributed by atoms with Crippen LogP contribution in [0.15, 0.2) is 60.3 Å². The van der Waals surface area contributed by atoms with Gasteiger partial charge >= 0.3 is 5.69 Å². The van der Waals surface area contributed by atoms with Crippen molar-refractivity contribution in [3.63, 3.8) is 0 Å². The number of aromatic nitrogens is 1. The van der Waals surface area contributed by atoms with Gasteiger partial charge in [0, 0.05) is 24.9 Å². The summed E-state index contributed by atoms with van der Waals surface area (Å²) in [5.74, 6) is 0.106. The molecule has 0 spiro atoms.